The molecule has 4 heteroatoms. The zero-order valence-electron chi connectivity index (χ0n) is 9.33. The molecule has 0 radical (unpaired) electrons. The molecule has 0 atom stereocenters. The topological polar surface area (TPSA) is 49.0 Å². The van der Waals surface area contributed by atoms with Crippen molar-refractivity contribution in [1.82, 2.24) is 0 Å². The van der Waals surface area contributed by atoms with Crippen LogP contribution in [0.1, 0.15) is 17.1 Å². The Morgan fingerprint density at radius 3 is 2.82 bits per heavy atom. The van der Waals surface area contributed by atoms with Gasteiger partial charge in [-0.3, -0.25) is 0 Å². The van der Waals surface area contributed by atoms with Crippen LogP contribution in [0.5, 0.6) is 0 Å². The molecule has 1 aromatic heterocycles. The average molecular weight is 291 g/mol. The van der Waals surface area contributed by atoms with Crippen LogP contribution in [0, 0.1) is 18.3 Å². The Morgan fingerprint density at radius 1 is 1.35 bits per heavy atom. The Hall–Kier alpha value is -1.73. The van der Waals surface area contributed by atoms with Gasteiger partial charge in [0, 0.05) is 10.2 Å². The number of nitrogens with one attached hydrogen (secondary N) is 1. The van der Waals surface area contributed by atoms with Crippen LogP contribution in [0.2, 0.25) is 0 Å². The van der Waals surface area contributed by atoms with Crippen LogP contribution in [-0.4, -0.2) is 0 Å². The Balaban J connectivity index is 2.02. The number of rotatable bonds is 3. The minimum Gasteiger partial charge on any atom is -0.449 e. The lowest BCUT2D eigenvalue weighted by Crippen LogP contribution is -1.98. The quantitative estimate of drug-likeness (QED) is 0.934. The first-order chi connectivity index (χ1) is 8.19. The molecular weight excluding hydrogens is 280 g/mol. The number of furan rings is 1. The maximum atomic E-state index is 8.63. The maximum Gasteiger partial charge on any atom is 0.203 e. The van der Waals surface area contributed by atoms with Gasteiger partial charge >= 0.3 is 0 Å². The largest absolute Gasteiger partial charge is 0.449 e. The molecule has 1 N–H and O–H groups in total. The summed E-state index contributed by atoms with van der Waals surface area (Å²) in [5.74, 6) is 1.09. The highest BCUT2D eigenvalue weighted by Crippen LogP contribution is 2.20. The highest BCUT2D eigenvalue weighted by molar-refractivity contribution is 9.10. The van der Waals surface area contributed by atoms with Crippen molar-refractivity contribution in [2.75, 3.05) is 5.32 Å². The first kappa shape index (κ1) is 11.7. The summed E-state index contributed by atoms with van der Waals surface area (Å²) in [5.41, 5.74) is 2.20. The fourth-order valence-corrected chi connectivity index (χ4v) is 1.72. The molecule has 0 aliphatic heterocycles. The number of nitrogens with zero attached hydrogens (tertiary/aromatic N) is 1. The van der Waals surface area contributed by atoms with E-state index in [4.69, 9.17) is 9.68 Å². The van der Waals surface area contributed by atoms with Gasteiger partial charge in [0.2, 0.25) is 5.76 Å². The van der Waals surface area contributed by atoms with Crippen molar-refractivity contribution in [3.63, 3.8) is 0 Å². The molecule has 86 valence electrons. The zero-order chi connectivity index (χ0) is 12.3. The van der Waals surface area contributed by atoms with E-state index in [1.807, 2.05) is 25.1 Å². The van der Waals surface area contributed by atoms with Crippen molar-refractivity contribution >= 4 is 21.6 Å². The van der Waals surface area contributed by atoms with Gasteiger partial charge in [0.05, 0.1) is 6.54 Å². The van der Waals surface area contributed by atoms with E-state index in [-0.39, 0.29) is 0 Å². The van der Waals surface area contributed by atoms with Crippen LogP contribution < -0.4 is 5.32 Å². The molecule has 0 aliphatic carbocycles. The summed E-state index contributed by atoms with van der Waals surface area (Å²) in [5, 5.41) is 11.9. The molecule has 0 unspecified atom stereocenters. The molecule has 0 fully saturated rings. The number of hydrogen-bond donors (Lipinski definition) is 1. The molecule has 17 heavy (non-hydrogen) atoms. The minimum atomic E-state index is 0.341. The summed E-state index contributed by atoms with van der Waals surface area (Å²) in [7, 11) is 0. The molecule has 2 aromatic rings. The highest BCUT2D eigenvalue weighted by Gasteiger charge is 2.01. The Labute approximate surface area is 108 Å². The lowest BCUT2D eigenvalue weighted by molar-refractivity contribution is 0.506. The van der Waals surface area contributed by atoms with Gasteiger partial charge in [-0.1, -0.05) is 15.9 Å². The Bertz CT molecular complexity index is 569. The molecule has 0 spiro atoms. The molecule has 0 saturated carbocycles. The van der Waals surface area contributed by atoms with Crippen molar-refractivity contribution in [2.24, 2.45) is 0 Å². The van der Waals surface area contributed by atoms with E-state index in [0.717, 1.165) is 15.9 Å². The summed E-state index contributed by atoms with van der Waals surface area (Å²) in [6, 6.07) is 11.5. The molecule has 1 aromatic carbocycles. The molecule has 0 amide bonds. The standard InChI is InChI=1S/C13H11BrN2O/c1-9-6-10(2-5-13(9)14)16-8-12-4-3-11(7-15)17-12/h2-6,16H,8H2,1H3. The fraction of sp³-hybridized carbons (Fsp3) is 0.154. The summed E-state index contributed by atoms with van der Waals surface area (Å²) in [4.78, 5) is 0. The minimum absolute atomic E-state index is 0.341. The van der Waals surface area contributed by atoms with E-state index >= 15 is 0 Å². The van der Waals surface area contributed by atoms with Crippen molar-refractivity contribution in [3.05, 3.63) is 51.9 Å². The van der Waals surface area contributed by atoms with Crippen molar-refractivity contribution in [3.8, 4) is 6.07 Å². The predicted molar refractivity (Wildman–Crippen MR) is 69.6 cm³/mol. The molecule has 2 rings (SSSR count). The van der Waals surface area contributed by atoms with Gasteiger partial charge in [-0.15, -0.1) is 0 Å². The molecule has 0 saturated heterocycles. The number of aryl methyl sites for hydroxylation is 1. The van der Waals surface area contributed by atoms with Crippen molar-refractivity contribution in [2.45, 2.75) is 13.5 Å². The lowest BCUT2D eigenvalue weighted by Gasteiger charge is -2.06. The third kappa shape index (κ3) is 2.89. The van der Waals surface area contributed by atoms with Crippen LogP contribution in [0.15, 0.2) is 39.2 Å². The summed E-state index contributed by atoms with van der Waals surface area (Å²) in [6.45, 7) is 2.61. The van der Waals surface area contributed by atoms with Gasteiger partial charge in [-0.2, -0.15) is 5.26 Å². The SMILES string of the molecule is Cc1cc(NCc2ccc(C#N)o2)ccc1Br. The molecule has 1 heterocycles. The third-order valence-corrected chi connectivity index (χ3v) is 3.29. The zero-order valence-corrected chi connectivity index (χ0v) is 10.9. The summed E-state index contributed by atoms with van der Waals surface area (Å²) < 4.78 is 6.37. The van der Waals surface area contributed by atoms with Gasteiger partial charge < -0.3 is 9.73 Å². The van der Waals surface area contributed by atoms with Crippen LogP contribution >= 0.6 is 15.9 Å². The molecule has 3 nitrogen and oxygen atoms in total. The average Bonchev–Trinajstić information content (AvgIpc) is 2.79. The van der Waals surface area contributed by atoms with E-state index in [2.05, 4.69) is 27.3 Å². The van der Waals surface area contributed by atoms with E-state index in [9.17, 15) is 0 Å². The van der Waals surface area contributed by atoms with Crippen LogP contribution in [0.25, 0.3) is 0 Å². The van der Waals surface area contributed by atoms with E-state index in [1.54, 1.807) is 12.1 Å². The van der Waals surface area contributed by atoms with E-state index in [1.165, 1.54) is 5.56 Å². The van der Waals surface area contributed by atoms with E-state index in [0.29, 0.717) is 12.3 Å². The number of halogens is 1. The van der Waals surface area contributed by atoms with Crippen LogP contribution in [0.4, 0.5) is 5.69 Å². The highest BCUT2D eigenvalue weighted by atomic mass is 79.9. The van der Waals surface area contributed by atoms with Crippen LogP contribution in [-0.2, 0) is 6.54 Å². The smallest absolute Gasteiger partial charge is 0.203 e. The Kier molecular flexibility index (Phi) is 3.50. The van der Waals surface area contributed by atoms with Crippen LogP contribution in [0.3, 0.4) is 0 Å². The van der Waals surface area contributed by atoms with Gasteiger partial charge in [0.15, 0.2) is 0 Å². The summed E-state index contributed by atoms with van der Waals surface area (Å²) in [6.07, 6.45) is 0. The number of hydrogen-bond acceptors (Lipinski definition) is 3. The monoisotopic (exact) mass is 290 g/mol. The van der Waals surface area contributed by atoms with Gasteiger partial charge in [-0.05, 0) is 42.8 Å². The summed E-state index contributed by atoms with van der Waals surface area (Å²) >= 11 is 3.46. The second kappa shape index (κ2) is 5.07. The molecule has 0 bridgehead atoms. The Morgan fingerprint density at radius 2 is 2.18 bits per heavy atom. The molecule has 0 aliphatic rings. The second-order valence-corrected chi connectivity index (χ2v) is 4.55. The lowest BCUT2D eigenvalue weighted by atomic mass is 10.2. The van der Waals surface area contributed by atoms with Crippen molar-refractivity contribution < 1.29 is 4.42 Å². The maximum absolute atomic E-state index is 8.63. The number of anilines is 1. The van der Waals surface area contributed by atoms with Crippen molar-refractivity contribution in [1.29, 1.82) is 5.26 Å². The van der Waals surface area contributed by atoms with Gasteiger partial charge in [0.1, 0.15) is 11.8 Å². The first-order valence-corrected chi connectivity index (χ1v) is 5.97. The second-order valence-electron chi connectivity index (χ2n) is 3.70. The normalized spacial score (nSPS) is 9.94. The fourth-order valence-electron chi connectivity index (χ4n) is 1.48. The van der Waals surface area contributed by atoms with Gasteiger partial charge in [0.25, 0.3) is 0 Å². The third-order valence-electron chi connectivity index (χ3n) is 2.40. The number of nitriles is 1. The van der Waals surface area contributed by atoms with E-state index < -0.39 is 0 Å². The first-order valence-electron chi connectivity index (χ1n) is 5.18. The molecular formula is C13H11BrN2O. The number of benzene rings is 1. The predicted octanol–water partition coefficient (Wildman–Crippen LogP) is 3.83. The van der Waals surface area contributed by atoms with Gasteiger partial charge in [-0.25, -0.2) is 0 Å².